The third kappa shape index (κ3) is 5.21. The summed E-state index contributed by atoms with van der Waals surface area (Å²) < 4.78 is 35.0. The Kier molecular flexibility index (Phi) is 5.39. The maximum Gasteiger partial charge on any atom is 0.313 e. The molecular formula is C8H8FNO4S2. The van der Waals surface area contributed by atoms with Crippen LogP contribution in [0.1, 0.15) is 0 Å². The van der Waals surface area contributed by atoms with Crippen LogP contribution in [0.3, 0.4) is 0 Å². The number of rotatable bonds is 5. The summed E-state index contributed by atoms with van der Waals surface area (Å²) in [6.45, 7) is 0. The van der Waals surface area contributed by atoms with Gasteiger partial charge in [-0.1, -0.05) is 0 Å². The van der Waals surface area contributed by atoms with E-state index in [-0.39, 0.29) is 5.75 Å². The van der Waals surface area contributed by atoms with E-state index in [2.05, 4.69) is 8.95 Å². The van der Waals surface area contributed by atoms with E-state index in [1.807, 2.05) is 0 Å². The molecular weight excluding hydrogens is 257 g/mol. The summed E-state index contributed by atoms with van der Waals surface area (Å²) in [4.78, 5) is 11.2. The van der Waals surface area contributed by atoms with Crippen LogP contribution in [0.15, 0.2) is 24.3 Å². The summed E-state index contributed by atoms with van der Waals surface area (Å²) in [7, 11) is 0. The van der Waals surface area contributed by atoms with Crippen molar-refractivity contribution in [1.29, 1.82) is 0 Å². The van der Waals surface area contributed by atoms with Crippen molar-refractivity contribution in [3.63, 3.8) is 0 Å². The van der Waals surface area contributed by atoms with Crippen molar-refractivity contribution in [3.8, 4) is 0 Å². The fourth-order valence-corrected chi connectivity index (χ4v) is 1.55. The third-order valence-electron chi connectivity index (χ3n) is 1.42. The average molecular weight is 265 g/mol. The van der Waals surface area contributed by atoms with Gasteiger partial charge < -0.3 is 5.32 Å². The zero-order chi connectivity index (χ0) is 12.0. The van der Waals surface area contributed by atoms with Crippen molar-refractivity contribution in [2.24, 2.45) is 0 Å². The summed E-state index contributed by atoms with van der Waals surface area (Å²) in [6.07, 6.45) is 0. The molecule has 1 aromatic carbocycles. The highest BCUT2D eigenvalue weighted by Gasteiger charge is 2.04. The minimum Gasteiger partial charge on any atom is -0.325 e. The van der Waals surface area contributed by atoms with E-state index in [0.29, 0.717) is 17.7 Å². The van der Waals surface area contributed by atoms with E-state index >= 15 is 0 Å². The molecule has 1 aromatic rings. The van der Waals surface area contributed by atoms with Crippen molar-refractivity contribution >= 4 is 35.0 Å². The highest BCUT2D eigenvalue weighted by Crippen LogP contribution is 2.10. The summed E-state index contributed by atoms with van der Waals surface area (Å²) in [5, 5.41) is 2.46. The minimum atomic E-state index is -2.40. The molecule has 8 heteroatoms. The van der Waals surface area contributed by atoms with Gasteiger partial charge in [-0.05, 0) is 24.3 Å². The second kappa shape index (κ2) is 6.59. The average Bonchev–Trinajstić information content (AvgIpc) is 2.21. The van der Waals surface area contributed by atoms with Gasteiger partial charge >= 0.3 is 11.4 Å². The fourth-order valence-electron chi connectivity index (χ4n) is 0.849. The number of carbonyl (C=O) groups is 1. The maximum atomic E-state index is 12.5. The molecule has 0 bridgehead atoms. The molecule has 16 heavy (non-hydrogen) atoms. The Morgan fingerprint density at radius 3 is 2.69 bits per heavy atom. The first-order valence-electron chi connectivity index (χ1n) is 4.04. The topological polar surface area (TPSA) is 75.6 Å². The van der Waals surface area contributed by atoms with E-state index in [0.717, 1.165) is 0 Å². The molecule has 0 radical (unpaired) electrons. The summed E-state index contributed by atoms with van der Waals surface area (Å²) in [5.74, 6) is -0.947. The largest absolute Gasteiger partial charge is 0.325 e. The molecule has 0 aliphatic heterocycles. The number of anilines is 1. The zero-order valence-corrected chi connectivity index (χ0v) is 9.52. The van der Waals surface area contributed by atoms with Gasteiger partial charge in [0.1, 0.15) is 11.6 Å². The minimum absolute atomic E-state index is 0.135. The predicted octanol–water partition coefficient (Wildman–Crippen LogP) is 1.57. The number of hydrogen-bond acceptors (Lipinski definition) is 4. The van der Waals surface area contributed by atoms with Gasteiger partial charge in [0.05, 0.1) is 0 Å². The molecule has 0 saturated carbocycles. The Balaban J connectivity index is 2.34. The van der Waals surface area contributed by atoms with Crippen molar-refractivity contribution in [1.82, 2.24) is 0 Å². The molecule has 0 aliphatic rings. The number of amides is 1. The van der Waals surface area contributed by atoms with Gasteiger partial charge in [-0.2, -0.15) is 7.84 Å². The van der Waals surface area contributed by atoms with E-state index < -0.39 is 23.1 Å². The van der Waals surface area contributed by atoms with Crippen LogP contribution >= 0.6 is 12.0 Å². The molecule has 0 saturated heterocycles. The summed E-state index contributed by atoms with van der Waals surface area (Å²) in [6, 6.07) is 5.23. The van der Waals surface area contributed by atoms with Gasteiger partial charge in [0.15, 0.2) is 0 Å². The lowest BCUT2D eigenvalue weighted by Crippen LogP contribution is -2.14. The van der Waals surface area contributed by atoms with Crippen LogP contribution in [0.4, 0.5) is 10.1 Å². The van der Waals surface area contributed by atoms with Gasteiger partial charge in [-0.25, -0.2) is 4.39 Å². The number of nitrogens with one attached hydrogen (secondary N) is 1. The van der Waals surface area contributed by atoms with Gasteiger partial charge in [-0.15, -0.1) is 0 Å². The molecule has 0 aromatic heterocycles. The van der Waals surface area contributed by atoms with Crippen LogP contribution in [0.2, 0.25) is 0 Å². The Bertz CT molecular complexity index is 384. The SMILES string of the molecule is O=C(CSOS(=O)O)Nc1ccc(F)cc1. The first-order chi connectivity index (χ1) is 7.58. The lowest BCUT2D eigenvalue weighted by atomic mass is 10.3. The fraction of sp³-hybridized carbons (Fsp3) is 0.125. The van der Waals surface area contributed by atoms with Crippen molar-refractivity contribution in [2.45, 2.75) is 0 Å². The van der Waals surface area contributed by atoms with Gasteiger partial charge in [0.2, 0.25) is 5.91 Å². The van der Waals surface area contributed by atoms with Gasteiger partial charge in [0, 0.05) is 17.7 Å². The standard InChI is InChI=1S/C8H8FNO4S2/c9-6-1-3-7(4-2-6)10-8(11)5-15-14-16(12)13/h1-4H,5H2,(H,10,11)(H,12,13). The van der Waals surface area contributed by atoms with Gasteiger partial charge in [0.25, 0.3) is 0 Å². The molecule has 0 heterocycles. The highest BCUT2D eigenvalue weighted by molar-refractivity contribution is 8.01. The second-order valence-corrected chi connectivity index (χ2v) is 4.11. The van der Waals surface area contributed by atoms with E-state index in [1.54, 1.807) is 0 Å². The lowest BCUT2D eigenvalue weighted by molar-refractivity contribution is -0.113. The van der Waals surface area contributed by atoms with E-state index in [4.69, 9.17) is 4.55 Å². The molecule has 1 atom stereocenters. The Morgan fingerprint density at radius 1 is 1.50 bits per heavy atom. The van der Waals surface area contributed by atoms with E-state index in [1.165, 1.54) is 24.3 Å². The number of carbonyl (C=O) groups excluding carboxylic acids is 1. The molecule has 0 fully saturated rings. The van der Waals surface area contributed by atoms with Crippen LogP contribution in [0, 0.1) is 5.82 Å². The molecule has 0 aliphatic carbocycles. The van der Waals surface area contributed by atoms with Crippen molar-refractivity contribution < 1.29 is 21.6 Å². The van der Waals surface area contributed by atoms with Gasteiger partial charge in [-0.3, -0.25) is 9.35 Å². The molecule has 2 N–H and O–H groups in total. The zero-order valence-electron chi connectivity index (χ0n) is 7.88. The predicted molar refractivity (Wildman–Crippen MR) is 59.3 cm³/mol. The van der Waals surface area contributed by atoms with Crippen molar-refractivity contribution in [2.75, 3.05) is 11.1 Å². The summed E-state index contributed by atoms with van der Waals surface area (Å²) in [5.41, 5.74) is 0.442. The molecule has 1 amide bonds. The lowest BCUT2D eigenvalue weighted by Gasteiger charge is -2.03. The van der Waals surface area contributed by atoms with Crippen molar-refractivity contribution in [3.05, 3.63) is 30.1 Å². The van der Waals surface area contributed by atoms with Crippen LogP contribution in [0.5, 0.6) is 0 Å². The van der Waals surface area contributed by atoms with Crippen LogP contribution in [0.25, 0.3) is 0 Å². The first-order valence-corrected chi connectivity index (χ1v) is 5.98. The molecule has 5 nitrogen and oxygen atoms in total. The smallest absolute Gasteiger partial charge is 0.313 e. The highest BCUT2D eigenvalue weighted by atomic mass is 32.3. The quantitative estimate of drug-likeness (QED) is 0.624. The third-order valence-corrected chi connectivity index (χ3v) is 2.65. The number of halogens is 1. The number of benzene rings is 1. The first kappa shape index (κ1) is 13.1. The number of hydrogen-bond donors (Lipinski definition) is 2. The van der Waals surface area contributed by atoms with E-state index in [9.17, 15) is 13.4 Å². The Labute approximate surface area is 98.1 Å². The molecule has 88 valence electrons. The second-order valence-electron chi connectivity index (χ2n) is 2.60. The molecule has 0 spiro atoms. The Morgan fingerprint density at radius 2 is 2.12 bits per heavy atom. The maximum absolute atomic E-state index is 12.5. The monoisotopic (exact) mass is 265 g/mol. The summed E-state index contributed by atoms with van der Waals surface area (Å²) >= 11 is -1.84. The Hall–Kier alpha value is -0.960. The normalized spacial score (nSPS) is 12.1. The molecule has 1 unspecified atom stereocenters. The van der Waals surface area contributed by atoms with Crippen LogP contribution < -0.4 is 5.32 Å². The van der Waals surface area contributed by atoms with Crippen LogP contribution in [-0.2, 0) is 19.8 Å². The molecule has 1 rings (SSSR count). The van der Waals surface area contributed by atoms with Crippen LogP contribution in [-0.4, -0.2) is 20.4 Å².